The first-order valence-electron chi connectivity index (χ1n) is 5.66. The summed E-state index contributed by atoms with van der Waals surface area (Å²) >= 11 is 4.15. The molecule has 0 aromatic carbocycles. The summed E-state index contributed by atoms with van der Waals surface area (Å²) in [6, 6.07) is 0. The van der Waals surface area contributed by atoms with Gasteiger partial charge in [0.25, 0.3) is 0 Å². The smallest absolute Gasteiger partial charge is 0.309 e. The first-order chi connectivity index (χ1) is 7.21. The predicted octanol–water partition coefficient (Wildman–Crippen LogP) is 1.76. The third-order valence-electron chi connectivity index (χ3n) is 4.08. The maximum Gasteiger partial charge on any atom is 0.309 e. The number of carbonyl (C=O) groups is 1. The van der Waals surface area contributed by atoms with Crippen LogP contribution in [0, 0.1) is 11.8 Å². The third kappa shape index (κ3) is 1.58. The molecule has 2 aliphatic heterocycles. The summed E-state index contributed by atoms with van der Waals surface area (Å²) in [5, 5.41) is 0. The predicted molar refractivity (Wildman–Crippen MR) is 57.6 cm³/mol. The summed E-state index contributed by atoms with van der Waals surface area (Å²) in [5.74, 6) is 1.15. The minimum atomic E-state index is -0.107. The van der Waals surface area contributed by atoms with Gasteiger partial charge in [-0.25, -0.2) is 0 Å². The second kappa shape index (κ2) is 3.39. The van der Waals surface area contributed by atoms with Gasteiger partial charge in [-0.2, -0.15) is 12.6 Å². The molecular formula is C11H16O3S. The molecule has 4 bridgehead atoms. The van der Waals surface area contributed by atoms with E-state index in [1.54, 1.807) is 0 Å². The first kappa shape index (κ1) is 9.97. The van der Waals surface area contributed by atoms with Gasteiger partial charge in [-0.1, -0.05) is 0 Å². The average Bonchev–Trinajstić information content (AvgIpc) is 2.29. The molecule has 4 fully saturated rings. The molecule has 4 heteroatoms. The zero-order valence-corrected chi connectivity index (χ0v) is 9.54. The van der Waals surface area contributed by atoms with E-state index in [4.69, 9.17) is 9.47 Å². The van der Waals surface area contributed by atoms with E-state index in [0.29, 0.717) is 11.9 Å². The summed E-state index contributed by atoms with van der Waals surface area (Å²) in [5.41, 5.74) is -0.107. The quantitative estimate of drug-likeness (QED) is 0.444. The molecule has 4 unspecified atom stereocenters. The van der Waals surface area contributed by atoms with Crippen LogP contribution in [0.25, 0.3) is 0 Å². The molecule has 0 N–H and O–H groups in total. The topological polar surface area (TPSA) is 35.5 Å². The zero-order chi connectivity index (χ0) is 10.5. The first-order valence-corrected chi connectivity index (χ1v) is 6.29. The van der Waals surface area contributed by atoms with Gasteiger partial charge in [-0.15, -0.1) is 0 Å². The maximum atomic E-state index is 11.7. The van der Waals surface area contributed by atoms with Crippen molar-refractivity contribution in [2.75, 3.05) is 5.94 Å². The Morgan fingerprint density at radius 1 is 1.40 bits per heavy atom. The Balaban J connectivity index is 1.91. The Kier molecular flexibility index (Phi) is 2.25. The van der Waals surface area contributed by atoms with E-state index in [1.807, 2.05) is 0 Å². The lowest BCUT2D eigenvalue weighted by atomic mass is 9.65. The van der Waals surface area contributed by atoms with Crippen LogP contribution in [-0.2, 0) is 14.3 Å². The summed E-state index contributed by atoms with van der Waals surface area (Å²) < 4.78 is 11.3. The van der Waals surface area contributed by atoms with Crippen LogP contribution in [0.5, 0.6) is 0 Å². The SMILES string of the molecule is O=C1OC2CC3CC1CC(OCS)(C3)C2. The van der Waals surface area contributed by atoms with Crippen molar-refractivity contribution in [3.8, 4) is 0 Å². The minimum absolute atomic E-state index is 0.00633. The second-order valence-corrected chi connectivity index (χ2v) is 5.42. The fourth-order valence-electron chi connectivity index (χ4n) is 3.69. The van der Waals surface area contributed by atoms with Gasteiger partial charge in [0.15, 0.2) is 0 Å². The Morgan fingerprint density at radius 2 is 2.27 bits per heavy atom. The summed E-state index contributed by atoms with van der Waals surface area (Å²) in [4.78, 5) is 11.7. The fraction of sp³-hybridized carbons (Fsp3) is 0.909. The van der Waals surface area contributed by atoms with Crippen LogP contribution in [0.2, 0.25) is 0 Å². The van der Waals surface area contributed by atoms with Gasteiger partial charge in [0.2, 0.25) is 0 Å². The van der Waals surface area contributed by atoms with Gasteiger partial charge in [-0.05, 0) is 31.6 Å². The number of rotatable bonds is 2. The van der Waals surface area contributed by atoms with E-state index in [9.17, 15) is 4.79 Å². The van der Waals surface area contributed by atoms with Gasteiger partial charge in [0, 0.05) is 6.42 Å². The molecule has 4 rings (SSSR count). The van der Waals surface area contributed by atoms with Crippen LogP contribution in [0.4, 0.5) is 0 Å². The standard InChI is InChI=1S/C11H16O3S/c12-10-8-1-7-2-9(14-10)5-11(3-7,4-8)13-6-15/h7-9,15H,1-6H2. The molecule has 4 aliphatic rings. The molecule has 2 saturated heterocycles. The van der Waals surface area contributed by atoms with Crippen molar-refractivity contribution < 1.29 is 14.3 Å². The fourth-order valence-corrected chi connectivity index (χ4v) is 3.96. The number of thiol groups is 1. The number of hydrogen-bond acceptors (Lipinski definition) is 4. The van der Waals surface area contributed by atoms with E-state index in [2.05, 4.69) is 12.6 Å². The van der Waals surface area contributed by atoms with Crippen LogP contribution in [-0.4, -0.2) is 23.6 Å². The number of hydrogen-bond donors (Lipinski definition) is 1. The van der Waals surface area contributed by atoms with Crippen molar-refractivity contribution >= 4 is 18.6 Å². The summed E-state index contributed by atoms with van der Waals surface area (Å²) in [6.45, 7) is 0. The third-order valence-corrected chi connectivity index (χ3v) is 4.21. The average molecular weight is 228 g/mol. The second-order valence-electron chi connectivity index (χ2n) is 5.16. The highest BCUT2D eigenvalue weighted by atomic mass is 32.1. The maximum absolute atomic E-state index is 11.7. The van der Waals surface area contributed by atoms with Crippen LogP contribution in [0.15, 0.2) is 0 Å². The van der Waals surface area contributed by atoms with E-state index in [1.165, 1.54) is 0 Å². The van der Waals surface area contributed by atoms with E-state index in [0.717, 1.165) is 32.1 Å². The molecule has 0 amide bonds. The van der Waals surface area contributed by atoms with Crippen LogP contribution in [0.1, 0.15) is 32.1 Å². The lowest BCUT2D eigenvalue weighted by Crippen LogP contribution is -2.46. The van der Waals surface area contributed by atoms with Gasteiger partial charge < -0.3 is 9.47 Å². The Morgan fingerprint density at radius 3 is 3.07 bits per heavy atom. The molecular weight excluding hydrogens is 212 g/mol. The van der Waals surface area contributed by atoms with Gasteiger partial charge in [0.1, 0.15) is 6.10 Å². The summed E-state index contributed by atoms with van der Waals surface area (Å²) in [6.07, 6.45) is 4.97. The highest BCUT2D eigenvalue weighted by Gasteiger charge is 2.53. The van der Waals surface area contributed by atoms with Gasteiger partial charge in [-0.3, -0.25) is 4.79 Å². The molecule has 0 spiro atoms. The van der Waals surface area contributed by atoms with Crippen molar-refractivity contribution in [3.05, 3.63) is 0 Å². The minimum Gasteiger partial charge on any atom is -0.462 e. The normalized spacial score (nSPS) is 47.8. The van der Waals surface area contributed by atoms with Crippen molar-refractivity contribution in [2.24, 2.45) is 11.8 Å². The van der Waals surface area contributed by atoms with Crippen molar-refractivity contribution in [2.45, 2.75) is 43.8 Å². The highest BCUT2D eigenvalue weighted by molar-refractivity contribution is 7.80. The largest absolute Gasteiger partial charge is 0.462 e. The van der Waals surface area contributed by atoms with Crippen molar-refractivity contribution in [3.63, 3.8) is 0 Å². The number of ether oxygens (including phenoxy) is 2. The molecule has 4 atom stereocenters. The van der Waals surface area contributed by atoms with Crippen molar-refractivity contribution in [1.29, 1.82) is 0 Å². The van der Waals surface area contributed by atoms with Crippen molar-refractivity contribution in [1.82, 2.24) is 0 Å². The number of esters is 1. The molecule has 3 nitrogen and oxygen atoms in total. The molecule has 2 aliphatic carbocycles. The molecule has 84 valence electrons. The molecule has 2 heterocycles. The van der Waals surface area contributed by atoms with Gasteiger partial charge in [0.05, 0.1) is 17.5 Å². The number of fused-ring (bicyclic) bond motifs is 1. The van der Waals surface area contributed by atoms with E-state index in [-0.39, 0.29) is 23.6 Å². The highest BCUT2D eigenvalue weighted by Crippen LogP contribution is 2.51. The van der Waals surface area contributed by atoms with Gasteiger partial charge >= 0.3 is 5.97 Å². The Bertz CT molecular complexity index is 294. The molecule has 0 aromatic rings. The molecule has 0 radical (unpaired) electrons. The Labute approximate surface area is 94.9 Å². The zero-order valence-electron chi connectivity index (χ0n) is 8.65. The summed E-state index contributed by atoms with van der Waals surface area (Å²) in [7, 11) is 0. The molecule has 15 heavy (non-hydrogen) atoms. The van der Waals surface area contributed by atoms with E-state index < -0.39 is 0 Å². The lowest BCUT2D eigenvalue weighted by molar-refractivity contribution is -0.151. The van der Waals surface area contributed by atoms with Crippen LogP contribution >= 0.6 is 12.6 Å². The van der Waals surface area contributed by atoms with Crippen LogP contribution in [0.3, 0.4) is 0 Å². The van der Waals surface area contributed by atoms with Crippen LogP contribution < -0.4 is 0 Å². The Hall–Kier alpha value is -0.220. The molecule has 2 saturated carbocycles. The number of carbonyl (C=O) groups excluding carboxylic acids is 1. The molecule has 0 aromatic heterocycles. The monoisotopic (exact) mass is 228 g/mol. The lowest BCUT2D eigenvalue weighted by Gasteiger charge is -2.45. The van der Waals surface area contributed by atoms with E-state index >= 15 is 0 Å².